The predicted octanol–water partition coefficient (Wildman–Crippen LogP) is 4.81. The predicted molar refractivity (Wildman–Crippen MR) is 84.5 cm³/mol. The molecule has 1 atom stereocenters. The fourth-order valence-corrected chi connectivity index (χ4v) is 3.26. The van der Waals surface area contributed by atoms with Crippen LogP contribution in [0.5, 0.6) is 0 Å². The number of benzene rings is 1. The van der Waals surface area contributed by atoms with Gasteiger partial charge in [-0.25, -0.2) is 0 Å². The Hall–Kier alpha value is -0.640. The first-order valence-corrected chi connectivity index (χ1v) is 7.78. The zero-order valence-electron chi connectivity index (χ0n) is 11.0. The van der Waals surface area contributed by atoms with Crippen LogP contribution >= 0.6 is 27.3 Å². The minimum Gasteiger partial charge on any atom is -0.319 e. The molecule has 0 spiro atoms. The molecule has 0 radical (unpaired) electrons. The molecule has 0 aliphatic carbocycles. The van der Waals surface area contributed by atoms with Crippen molar-refractivity contribution in [2.45, 2.75) is 19.8 Å². The lowest BCUT2D eigenvalue weighted by Gasteiger charge is -2.07. The van der Waals surface area contributed by atoms with Crippen molar-refractivity contribution >= 4 is 27.3 Å². The number of rotatable bonds is 4. The van der Waals surface area contributed by atoms with E-state index in [2.05, 4.69) is 64.7 Å². The Balaban J connectivity index is 2.26. The van der Waals surface area contributed by atoms with Crippen LogP contribution in [0.2, 0.25) is 0 Å². The molecular formula is C15H18BrNS. The summed E-state index contributed by atoms with van der Waals surface area (Å²) in [5, 5.41) is 5.50. The first kappa shape index (κ1) is 13.8. The second kappa shape index (κ2) is 6.00. The average Bonchev–Trinajstić information content (AvgIpc) is 2.82. The van der Waals surface area contributed by atoms with Gasteiger partial charge in [0, 0.05) is 15.9 Å². The van der Waals surface area contributed by atoms with E-state index in [1.54, 1.807) is 0 Å². The van der Waals surface area contributed by atoms with Crippen LogP contribution in [0.15, 0.2) is 34.1 Å². The molecule has 2 aromatic rings. The summed E-state index contributed by atoms with van der Waals surface area (Å²) in [4.78, 5) is 1.35. The van der Waals surface area contributed by atoms with Crippen molar-refractivity contribution in [3.05, 3.63) is 45.2 Å². The summed E-state index contributed by atoms with van der Waals surface area (Å²) in [5.74, 6) is 0.566. The quantitative estimate of drug-likeness (QED) is 0.851. The molecule has 1 aromatic heterocycles. The largest absolute Gasteiger partial charge is 0.319 e. The van der Waals surface area contributed by atoms with E-state index in [4.69, 9.17) is 0 Å². The Morgan fingerprint density at radius 2 is 2.11 bits per heavy atom. The highest BCUT2D eigenvalue weighted by molar-refractivity contribution is 9.10. The topological polar surface area (TPSA) is 12.0 Å². The minimum absolute atomic E-state index is 0.566. The molecule has 0 fully saturated rings. The molecule has 0 bridgehead atoms. The van der Waals surface area contributed by atoms with E-state index in [0.717, 1.165) is 6.54 Å². The summed E-state index contributed by atoms with van der Waals surface area (Å²) < 4.78 is 1.17. The number of hydrogen-bond acceptors (Lipinski definition) is 2. The Labute approximate surface area is 121 Å². The van der Waals surface area contributed by atoms with Crippen molar-refractivity contribution in [1.29, 1.82) is 0 Å². The number of nitrogens with one attached hydrogen (secondary N) is 1. The maximum absolute atomic E-state index is 3.55. The van der Waals surface area contributed by atoms with Crippen molar-refractivity contribution in [2.24, 2.45) is 0 Å². The third-order valence-electron chi connectivity index (χ3n) is 3.14. The van der Waals surface area contributed by atoms with Crippen molar-refractivity contribution in [2.75, 3.05) is 13.6 Å². The Morgan fingerprint density at radius 3 is 2.78 bits per heavy atom. The zero-order chi connectivity index (χ0) is 13.1. The molecule has 96 valence electrons. The van der Waals surface area contributed by atoms with Gasteiger partial charge >= 0.3 is 0 Å². The molecular weight excluding hydrogens is 306 g/mol. The van der Waals surface area contributed by atoms with Gasteiger partial charge in [-0.15, -0.1) is 11.3 Å². The average molecular weight is 324 g/mol. The fraction of sp³-hybridized carbons (Fsp3) is 0.333. The maximum Gasteiger partial charge on any atom is 0.0345 e. The Bertz CT molecular complexity index is 533. The Morgan fingerprint density at radius 1 is 1.33 bits per heavy atom. The van der Waals surface area contributed by atoms with E-state index in [1.165, 1.54) is 26.0 Å². The van der Waals surface area contributed by atoms with Crippen LogP contribution in [-0.2, 0) is 0 Å². The molecule has 0 amide bonds. The van der Waals surface area contributed by atoms with Gasteiger partial charge in [0.05, 0.1) is 0 Å². The summed E-state index contributed by atoms with van der Waals surface area (Å²) in [6.07, 6.45) is 0. The highest BCUT2D eigenvalue weighted by Crippen LogP contribution is 2.32. The van der Waals surface area contributed by atoms with Gasteiger partial charge in [0.15, 0.2) is 0 Å². The van der Waals surface area contributed by atoms with Crippen LogP contribution in [0.3, 0.4) is 0 Å². The van der Waals surface area contributed by atoms with E-state index < -0.39 is 0 Å². The lowest BCUT2D eigenvalue weighted by Crippen LogP contribution is -2.14. The van der Waals surface area contributed by atoms with E-state index in [9.17, 15) is 0 Å². The molecule has 1 N–H and O–H groups in total. The lowest BCUT2D eigenvalue weighted by molar-refractivity contribution is 0.680. The second-order valence-electron chi connectivity index (χ2n) is 4.67. The Kier molecular flexibility index (Phi) is 4.60. The van der Waals surface area contributed by atoms with E-state index in [-0.39, 0.29) is 0 Å². The summed E-state index contributed by atoms with van der Waals surface area (Å²) >= 11 is 5.37. The van der Waals surface area contributed by atoms with Crippen LogP contribution in [0.1, 0.15) is 24.0 Å². The SMILES string of the molecule is CNCC(C)c1csc(-c2ccc(Br)c(C)c2)c1. The monoisotopic (exact) mass is 323 g/mol. The first-order chi connectivity index (χ1) is 8.61. The van der Waals surface area contributed by atoms with Gasteiger partial charge in [-0.05, 0) is 60.2 Å². The van der Waals surface area contributed by atoms with Crippen molar-refractivity contribution in [3.8, 4) is 10.4 Å². The van der Waals surface area contributed by atoms with Crippen LogP contribution in [0.4, 0.5) is 0 Å². The smallest absolute Gasteiger partial charge is 0.0345 e. The highest BCUT2D eigenvalue weighted by Gasteiger charge is 2.09. The molecule has 2 rings (SSSR count). The van der Waals surface area contributed by atoms with E-state index >= 15 is 0 Å². The normalized spacial score (nSPS) is 12.7. The first-order valence-electron chi connectivity index (χ1n) is 6.11. The number of halogens is 1. The van der Waals surface area contributed by atoms with E-state index in [0.29, 0.717) is 5.92 Å². The van der Waals surface area contributed by atoms with Crippen LogP contribution in [0, 0.1) is 6.92 Å². The molecule has 0 aliphatic heterocycles. The summed E-state index contributed by atoms with van der Waals surface area (Å²) in [6.45, 7) is 5.41. The van der Waals surface area contributed by atoms with Gasteiger partial charge in [0.1, 0.15) is 0 Å². The van der Waals surface area contributed by atoms with Crippen molar-refractivity contribution in [3.63, 3.8) is 0 Å². The molecule has 0 saturated heterocycles. The highest BCUT2D eigenvalue weighted by atomic mass is 79.9. The summed E-state index contributed by atoms with van der Waals surface area (Å²) in [6, 6.07) is 8.86. The van der Waals surface area contributed by atoms with Crippen molar-refractivity contribution in [1.82, 2.24) is 5.32 Å². The fourth-order valence-electron chi connectivity index (χ4n) is 1.98. The molecule has 0 saturated carbocycles. The molecule has 1 unspecified atom stereocenters. The molecule has 0 aliphatic rings. The summed E-state index contributed by atoms with van der Waals surface area (Å²) in [7, 11) is 2.00. The number of thiophene rings is 1. The van der Waals surface area contributed by atoms with Gasteiger partial charge in [-0.3, -0.25) is 0 Å². The van der Waals surface area contributed by atoms with Gasteiger partial charge in [0.2, 0.25) is 0 Å². The maximum atomic E-state index is 3.55. The number of likely N-dealkylation sites (N-methyl/N-ethyl adjacent to an activating group) is 1. The summed E-state index contributed by atoms with van der Waals surface area (Å²) in [5.41, 5.74) is 4.01. The molecule has 3 heteroatoms. The minimum atomic E-state index is 0.566. The zero-order valence-corrected chi connectivity index (χ0v) is 13.4. The third kappa shape index (κ3) is 3.02. The van der Waals surface area contributed by atoms with Gasteiger partial charge in [0.25, 0.3) is 0 Å². The van der Waals surface area contributed by atoms with Crippen LogP contribution < -0.4 is 5.32 Å². The number of aryl methyl sites for hydroxylation is 1. The third-order valence-corrected chi connectivity index (χ3v) is 5.03. The molecule has 1 nitrogen and oxygen atoms in total. The van der Waals surface area contributed by atoms with Crippen molar-refractivity contribution < 1.29 is 0 Å². The van der Waals surface area contributed by atoms with Gasteiger partial charge in [-0.1, -0.05) is 28.9 Å². The van der Waals surface area contributed by atoms with E-state index in [1.807, 2.05) is 18.4 Å². The lowest BCUT2D eigenvalue weighted by atomic mass is 10.0. The molecule has 18 heavy (non-hydrogen) atoms. The van der Waals surface area contributed by atoms with Crippen LogP contribution in [-0.4, -0.2) is 13.6 Å². The van der Waals surface area contributed by atoms with Gasteiger partial charge < -0.3 is 5.32 Å². The second-order valence-corrected chi connectivity index (χ2v) is 6.43. The van der Waals surface area contributed by atoms with Gasteiger partial charge in [-0.2, -0.15) is 0 Å². The standard InChI is InChI=1S/C15H18BrNS/c1-10-6-12(4-5-14(10)16)15-7-13(9-18-15)11(2)8-17-3/h4-7,9,11,17H,8H2,1-3H3. The molecule has 1 heterocycles. The molecule has 1 aromatic carbocycles. The number of hydrogen-bond donors (Lipinski definition) is 1. The van der Waals surface area contributed by atoms with Crippen LogP contribution in [0.25, 0.3) is 10.4 Å².